The van der Waals surface area contributed by atoms with Crippen LogP contribution in [0.5, 0.6) is 0 Å². The van der Waals surface area contributed by atoms with Crippen molar-refractivity contribution in [3.8, 4) is 0 Å². The van der Waals surface area contributed by atoms with Crippen molar-refractivity contribution in [1.82, 2.24) is 9.61 Å². The standard InChI is InChI=1S/C10H10N2O2/c1-7-3-4-9-8(10(13)14-2)5-11-12(9)6-7/h3-6H,1-2H3. The fourth-order valence-electron chi connectivity index (χ4n) is 1.35. The van der Waals surface area contributed by atoms with Crippen LogP contribution in [0.2, 0.25) is 0 Å². The highest BCUT2D eigenvalue weighted by atomic mass is 16.5. The molecule has 2 aromatic heterocycles. The van der Waals surface area contributed by atoms with Gasteiger partial charge in [-0.05, 0) is 18.6 Å². The van der Waals surface area contributed by atoms with Gasteiger partial charge in [-0.2, -0.15) is 5.10 Å². The highest BCUT2D eigenvalue weighted by Gasteiger charge is 2.11. The van der Waals surface area contributed by atoms with E-state index < -0.39 is 0 Å². The zero-order valence-corrected chi connectivity index (χ0v) is 8.02. The monoisotopic (exact) mass is 190 g/mol. The molecule has 4 nitrogen and oxygen atoms in total. The van der Waals surface area contributed by atoms with Crippen LogP contribution in [0.4, 0.5) is 0 Å². The number of ether oxygens (including phenoxy) is 1. The zero-order chi connectivity index (χ0) is 10.1. The average Bonchev–Trinajstić information content (AvgIpc) is 2.59. The average molecular weight is 190 g/mol. The van der Waals surface area contributed by atoms with Gasteiger partial charge in [0.2, 0.25) is 0 Å². The molecule has 2 aromatic rings. The van der Waals surface area contributed by atoms with E-state index in [4.69, 9.17) is 0 Å². The number of carbonyl (C=O) groups excluding carboxylic acids is 1. The summed E-state index contributed by atoms with van der Waals surface area (Å²) in [6, 6.07) is 3.79. The summed E-state index contributed by atoms with van der Waals surface area (Å²) in [6.45, 7) is 1.97. The van der Waals surface area contributed by atoms with Gasteiger partial charge in [-0.1, -0.05) is 6.07 Å². The number of esters is 1. The lowest BCUT2D eigenvalue weighted by Crippen LogP contribution is -2.00. The predicted octanol–water partition coefficient (Wildman–Crippen LogP) is 1.43. The topological polar surface area (TPSA) is 43.6 Å². The Morgan fingerprint density at radius 1 is 1.50 bits per heavy atom. The molecule has 0 bridgehead atoms. The highest BCUT2D eigenvalue weighted by molar-refractivity contribution is 5.96. The molecule has 0 aliphatic rings. The summed E-state index contributed by atoms with van der Waals surface area (Å²) in [5, 5.41) is 4.06. The summed E-state index contributed by atoms with van der Waals surface area (Å²) in [6.07, 6.45) is 3.38. The van der Waals surface area contributed by atoms with E-state index in [9.17, 15) is 4.79 Å². The molecule has 0 spiro atoms. The van der Waals surface area contributed by atoms with Gasteiger partial charge in [0.25, 0.3) is 0 Å². The van der Waals surface area contributed by atoms with Crippen molar-refractivity contribution in [1.29, 1.82) is 0 Å². The molecule has 0 aromatic carbocycles. The number of nitrogens with zero attached hydrogens (tertiary/aromatic N) is 2. The van der Waals surface area contributed by atoms with Crippen molar-refractivity contribution in [3.05, 3.63) is 35.7 Å². The lowest BCUT2D eigenvalue weighted by atomic mass is 10.2. The van der Waals surface area contributed by atoms with Gasteiger partial charge in [0, 0.05) is 6.20 Å². The number of hydrogen-bond donors (Lipinski definition) is 0. The smallest absolute Gasteiger partial charge is 0.341 e. The van der Waals surface area contributed by atoms with Crippen molar-refractivity contribution in [2.75, 3.05) is 7.11 Å². The van der Waals surface area contributed by atoms with E-state index in [1.165, 1.54) is 13.3 Å². The minimum atomic E-state index is -0.358. The van der Waals surface area contributed by atoms with Gasteiger partial charge in [0.15, 0.2) is 0 Å². The second-order valence-corrected chi connectivity index (χ2v) is 3.09. The Morgan fingerprint density at radius 3 is 3.00 bits per heavy atom. The molecule has 0 fully saturated rings. The minimum absolute atomic E-state index is 0.358. The Bertz CT molecular complexity index is 488. The molecular weight excluding hydrogens is 180 g/mol. The van der Waals surface area contributed by atoms with E-state index in [0.29, 0.717) is 5.56 Å². The van der Waals surface area contributed by atoms with Gasteiger partial charge in [0.1, 0.15) is 5.56 Å². The molecule has 0 aliphatic carbocycles. The van der Waals surface area contributed by atoms with Crippen LogP contribution >= 0.6 is 0 Å². The summed E-state index contributed by atoms with van der Waals surface area (Å²) < 4.78 is 6.31. The van der Waals surface area contributed by atoms with Gasteiger partial charge >= 0.3 is 5.97 Å². The van der Waals surface area contributed by atoms with Gasteiger partial charge < -0.3 is 4.74 Å². The van der Waals surface area contributed by atoms with Crippen LogP contribution in [0, 0.1) is 6.92 Å². The molecule has 0 aliphatic heterocycles. The van der Waals surface area contributed by atoms with E-state index in [2.05, 4.69) is 9.84 Å². The van der Waals surface area contributed by atoms with Crippen molar-refractivity contribution in [2.24, 2.45) is 0 Å². The first-order valence-corrected chi connectivity index (χ1v) is 4.24. The first-order chi connectivity index (χ1) is 6.72. The molecule has 14 heavy (non-hydrogen) atoms. The quantitative estimate of drug-likeness (QED) is 0.639. The molecule has 0 unspecified atom stereocenters. The van der Waals surface area contributed by atoms with Crippen LogP contribution in [-0.2, 0) is 4.74 Å². The maximum Gasteiger partial charge on any atom is 0.341 e. The number of fused-ring (bicyclic) bond motifs is 1. The zero-order valence-electron chi connectivity index (χ0n) is 8.02. The van der Waals surface area contributed by atoms with Gasteiger partial charge in [-0.15, -0.1) is 0 Å². The van der Waals surface area contributed by atoms with Gasteiger partial charge in [-0.3, -0.25) is 0 Å². The fourth-order valence-corrected chi connectivity index (χ4v) is 1.35. The molecule has 4 heteroatoms. The van der Waals surface area contributed by atoms with Crippen molar-refractivity contribution >= 4 is 11.5 Å². The minimum Gasteiger partial charge on any atom is -0.465 e. The number of carbonyl (C=O) groups is 1. The van der Waals surface area contributed by atoms with Crippen molar-refractivity contribution in [3.63, 3.8) is 0 Å². The van der Waals surface area contributed by atoms with Crippen molar-refractivity contribution in [2.45, 2.75) is 6.92 Å². The Kier molecular flexibility index (Phi) is 1.96. The summed E-state index contributed by atoms with van der Waals surface area (Å²) >= 11 is 0. The normalized spacial score (nSPS) is 10.4. The van der Waals surface area contributed by atoms with Crippen LogP contribution in [-0.4, -0.2) is 22.7 Å². The third-order valence-electron chi connectivity index (χ3n) is 2.07. The molecule has 72 valence electrons. The van der Waals surface area contributed by atoms with Crippen molar-refractivity contribution < 1.29 is 9.53 Å². The fraction of sp³-hybridized carbons (Fsp3) is 0.200. The van der Waals surface area contributed by atoms with E-state index in [1.807, 2.05) is 25.3 Å². The largest absolute Gasteiger partial charge is 0.465 e. The summed E-state index contributed by atoms with van der Waals surface area (Å²) in [5.74, 6) is -0.358. The molecule has 0 atom stereocenters. The van der Waals surface area contributed by atoms with Crippen LogP contribution in [0.3, 0.4) is 0 Å². The first kappa shape index (κ1) is 8.74. The third-order valence-corrected chi connectivity index (χ3v) is 2.07. The van der Waals surface area contributed by atoms with Gasteiger partial charge in [0.05, 0.1) is 18.8 Å². The summed E-state index contributed by atoms with van der Waals surface area (Å²) in [7, 11) is 1.36. The van der Waals surface area contributed by atoms with Gasteiger partial charge in [-0.25, -0.2) is 9.31 Å². The Morgan fingerprint density at radius 2 is 2.29 bits per heavy atom. The molecule has 2 rings (SSSR count). The molecular formula is C10H10N2O2. The number of methoxy groups -OCH3 is 1. The number of hydrogen-bond acceptors (Lipinski definition) is 3. The highest BCUT2D eigenvalue weighted by Crippen LogP contribution is 2.12. The molecule has 0 saturated heterocycles. The van der Waals surface area contributed by atoms with E-state index in [-0.39, 0.29) is 5.97 Å². The lowest BCUT2D eigenvalue weighted by Gasteiger charge is -1.97. The Labute approximate surface area is 81.1 Å². The SMILES string of the molecule is COC(=O)c1cnn2cc(C)ccc12. The third kappa shape index (κ3) is 1.25. The maximum absolute atomic E-state index is 11.3. The number of aryl methyl sites for hydroxylation is 1. The first-order valence-electron chi connectivity index (χ1n) is 4.24. The van der Waals surface area contributed by atoms with Crippen LogP contribution in [0.1, 0.15) is 15.9 Å². The maximum atomic E-state index is 11.3. The molecule has 0 saturated carbocycles. The van der Waals surface area contributed by atoms with E-state index >= 15 is 0 Å². The number of pyridine rings is 1. The molecule has 0 amide bonds. The molecule has 0 radical (unpaired) electrons. The van der Waals surface area contributed by atoms with E-state index in [0.717, 1.165) is 11.1 Å². The van der Waals surface area contributed by atoms with Crippen LogP contribution in [0.15, 0.2) is 24.5 Å². The molecule has 0 N–H and O–H groups in total. The summed E-state index contributed by atoms with van der Waals surface area (Å²) in [5.41, 5.74) is 2.35. The number of rotatable bonds is 1. The Hall–Kier alpha value is -1.84. The van der Waals surface area contributed by atoms with E-state index in [1.54, 1.807) is 4.52 Å². The van der Waals surface area contributed by atoms with Crippen LogP contribution in [0.25, 0.3) is 5.52 Å². The molecule has 2 heterocycles. The summed E-state index contributed by atoms with van der Waals surface area (Å²) in [4.78, 5) is 11.3. The Balaban J connectivity index is 2.64. The van der Waals surface area contributed by atoms with Crippen LogP contribution < -0.4 is 0 Å². The lowest BCUT2D eigenvalue weighted by molar-refractivity contribution is 0.0603. The predicted molar refractivity (Wildman–Crippen MR) is 51.3 cm³/mol. The second-order valence-electron chi connectivity index (χ2n) is 3.09. The second kappa shape index (κ2) is 3.14. The number of aromatic nitrogens is 2.